The van der Waals surface area contributed by atoms with E-state index in [2.05, 4.69) is 12.2 Å². The summed E-state index contributed by atoms with van der Waals surface area (Å²) < 4.78 is 11.0. The predicted molar refractivity (Wildman–Crippen MR) is 130 cm³/mol. The molecule has 0 saturated heterocycles. The van der Waals surface area contributed by atoms with Crippen LogP contribution in [0.3, 0.4) is 0 Å². The number of nitrogens with one attached hydrogen (secondary N) is 1. The van der Waals surface area contributed by atoms with Crippen LogP contribution in [0.1, 0.15) is 45.2 Å². The minimum absolute atomic E-state index is 0.0109. The Hall–Kier alpha value is -3.06. The van der Waals surface area contributed by atoms with Gasteiger partial charge in [0.15, 0.2) is 0 Å². The third kappa shape index (κ3) is 8.06. The van der Waals surface area contributed by atoms with Gasteiger partial charge in [-0.15, -0.1) is 0 Å². The summed E-state index contributed by atoms with van der Waals surface area (Å²) in [4.78, 5) is 27.0. The molecule has 1 saturated carbocycles. The van der Waals surface area contributed by atoms with Gasteiger partial charge in [0.1, 0.15) is 12.2 Å². The fourth-order valence-corrected chi connectivity index (χ4v) is 3.82. The fraction of sp³-hybridized carbons (Fsp3) is 0.481. The average Bonchev–Trinajstić information content (AvgIpc) is 3.51. The molecule has 0 aliphatic heterocycles. The molecule has 1 aliphatic rings. The van der Waals surface area contributed by atoms with Gasteiger partial charge in [-0.2, -0.15) is 0 Å². The topological polar surface area (TPSA) is 88.1 Å². The number of aliphatic hydroxyl groups is 1. The quantitative estimate of drug-likeness (QED) is 0.565. The molecule has 34 heavy (non-hydrogen) atoms. The molecular weight excluding hydrogens is 432 g/mol. The molecule has 7 heteroatoms. The monoisotopic (exact) mass is 468 g/mol. The summed E-state index contributed by atoms with van der Waals surface area (Å²) >= 11 is 0. The van der Waals surface area contributed by atoms with Crippen LogP contribution in [-0.4, -0.2) is 52.5 Å². The van der Waals surface area contributed by atoms with Gasteiger partial charge in [0, 0.05) is 6.04 Å². The number of carbonyl (C=O) groups is 2. The lowest BCUT2D eigenvalue weighted by molar-refractivity contribution is 0.0322. The van der Waals surface area contributed by atoms with Crippen LogP contribution in [0, 0.1) is 5.92 Å². The van der Waals surface area contributed by atoms with Crippen molar-refractivity contribution in [2.45, 2.75) is 70.9 Å². The Balaban J connectivity index is 1.69. The first-order chi connectivity index (χ1) is 16.1. The van der Waals surface area contributed by atoms with Crippen molar-refractivity contribution in [1.29, 1.82) is 0 Å². The van der Waals surface area contributed by atoms with Crippen molar-refractivity contribution in [3.05, 3.63) is 71.8 Å². The number of hydrogen-bond acceptors (Lipinski definition) is 5. The van der Waals surface area contributed by atoms with Crippen molar-refractivity contribution in [3.63, 3.8) is 0 Å². The maximum absolute atomic E-state index is 13.0. The fourth-order valence-electron chi connectivity index (χ4n) is 3.82. The van der Waals surface area contributed by atoms with Crippen molar-refractivity contribution in [3.8, 4) is 0 Å². The molecule has 1 aliphatic carbocycles. The Labute approximate surface area is 202 Å². The zero-order chi connectivity index (χ0) is 24.7. The summed E-state index contributed by atoms with van der Waals surface area (Å²) in [7, 11) is 0. The predicted octanol–water partition coefficient (Wildman–Crippen LogP) is 4.53. The molecule has 7 nitrogen and oxygen atoms in total. The van der Waals surface area contributed by atoms with Crippen LogP contribution in [0.4, 0.5) is 9.59 Å². The van der Waals surface area contributed by atoms with Gasteiger partial charge in [0.05, 0.1) is 18.7 Å². The molecule has 2 aromatic rings. The number of ether oxygens (including phenoxy) is 2. The Bertz CT molecular complexity index is 929. The molecule has 0 aromatic heterocycles. The number of benzene rings is 2. The van der Waals surface area contributed by atoms with Crippen LogP contribution in [0.25, 0.3) is 0 Å². The molecule has 0 bridgehead atoms. The number of carbonyl (C=O) groups excluding carboxylic acids is 2. The zero-order valence-corrected chi connectivity index (χ0v) is 20.4. The highest BCUT2D eigenvalue weighted by atomic mass is 16.6. The van der Waals surface area contributed by atoms with Crippen LogP contribution in [-0.2, 0) is 22.5 Å². The molecule has 184 valence electrons. The van der Waals surface area contributed by atoms with Crippen molar-refractivity contribution in [2.24, 2.45) is 5.92 Å². The SMILES string of the molecule is CC1CC1N(C[C@@H](O)[C@H](Cc1ccccc1)NC(=O)OC(C)(C)C)C(=O)OCc1ccccc1. The lowest BCUT2D eigenvalue weighted by Gasteiger charge is -2.31. The van der Waals surface area contributed by atoms with Gasteiger partial charge in [-0.25, -0.2) is 9.59 Å². The van der Waals surface area contributed by atoms with Crippen molar-refractivity contribution >= 4 is 12.2 Å². The Morgan fingerprint density at radius 1 is 1.06 bits per heavy atom. The highest BCUT2D eigenvalue weighted by Crippen LogP contribution is 2.35. The summed E-state index contributed by atoms with van der Waals surface area (Å²) in [6, 6.07) is 18.5. The van der Waals surface area contributed by atoms with E-state index >= 15 is 0 Å². The maximum atomic E-state index is 13.0. The van der Waals surface area contributed by atoms with E-state index in [1.807, 2.05) is 60.7 Å². The summed E-state index contributed by atoms with van der Waals surface area (Å²) in [5.41, 5.74) is 1.19. The van der Waals surface area contributed by atoms with E-state index < -0.39 is 29.9 Å². The van der Waals surface area contributed by atoms with E-state index in [1.165, 1.54) is 0 Å². The number of alkyl carbamates (subject to hydrolysis) is 1. The molecule has 0 radical (unpaired) electrons. The summed E-state index contributed by atoms with van der Waals surface area (Å²) in [5.74, 6) is 0.336. The van der Waals surface area contributed by atoms with Crippen LogP contribution < -0.4 is 5.32 Å². The number of rotatable bonds is 9. The van der Waals surface area contributed by atoms with E-state index in [0.29, 0.717) is 12.3 Å². The van der Waals surface area contributed by atoms with E-state index in [0.717, 1.165) is 17.5 Å². The average molecular weight is 469 g/mol. The Kier molecular flexibility index (Phi) is 8.56. The third-order valence-corrected chi connectivity index (χ3v) is 5.76. The Morgan fingerprint density at radius 2 is 1.62 bits per heavy atom. The second kappa shape index (κ2) is 11.4. The summed E-state index contributed by atoms with van der Waals surface area (Å²) in [6.07, 6.45) is -0.826. The van der Waals surface area contributed by atoms with Crippen LogP contribution in [0.5, 0.6) is 0 Å². The summed E-state index contributed by atoms with van der Waals surface area (Å²) in [6.45, 7) is 7.64. The second-order valence-electron chi connectivity index (χ2n) is 9.98. The lowest BCUT2D eigenvalue weighted by atomic mass is 10.0. The highest BCUT2D eigenvalue weighted by molar-refractivity contribution is 5.69. The van der Waals surface area contributed by atoms with Gasteiger partial charge in [-0.1, -0.05) is 67.6 Å². The van der Waals surface area contributed by atoms with Crippen molar-refractivity contribution in [1.82, 2.24) is 10.2 Å². The van der Waals surface area contributed by atoms with E-state index in [9.17, 15) is 14.7 Å². The van der Waals surface area contributed by atoms with Crippen LogP contribution in [0.15, 0.2) is 60.7 Å². The number of amides is 2. The molecule has 3 rings (SSSR count). The normalized spacial score (nSPS) is 19.0. The molecular formula is C27H36N2O5. The van der Waals surface area contributed by atoms with E-state index in [-0.39, 0.29) is 19.2 Å². The van der Waals surface area contributed by atoms with E-state index in [4.69, 9.17) is 9.47 Å². The number of aliphatic hydroxyl groups excluding tert-OH is 1. The highest BCUT2D eigenvalue weighted by Gasteiger charge is 2.43. The smallest absolute Gasteiger partial charge is 0.410 e. The van der Waals surface area contributed by atoms with E-state index in [1.54, 1.807) is 25.7 Å². The first kappa shape index (κ1) is 25.6. The van der Waals surface area contributed by atoms with Gasteiger partial charge in [0.25, 0.3) is 0 Å². The minimum atomic E-state index is -1.01. The molecule has 4 atom stereocenters. The maximum Gasteiger partial charge on any atom is 0.410 e. The molecule has 0 spiro atoms. The van der Waals surface area contributed by atoms with Gasteiger partial charge >= 0.3 is 12.2 Å². The third-order valence-electron chi connectivity index (χ3n) is 5.76. The first-order valence-electron chi connectivity index (χ1n) is 11.8. The van der Waals surface area contributed by atoms with Gasteiger partial charge in [-0.3, -0.25) is 0 Å². The molecule has 2 aromatic carbocycles. The van der Waals surface area contributed by atoms with Crippen LogP contribution >= 0.6 is 0 Å². The first-order valence-corrected chi connectivity index (χ1v) is 11.8. The van der Waals surface area contributed by atoms with Crippen molar-refractivity contribution in [2.75, 3.05) is 6.54 Å². The summed E-state index contributed by atoms with van der Waals surface area (Å²) in [5, 5.41) is 14.0. The van der Waals surface area contributed by atoms with Gasteiger partial charge < -0.3 is 24.8 Å². The number of nitrogens with zero attached hydrogens (tertiary/aromatic N) is 1. The van der Waals surface area contributed by atoms with Gasteiger partial charge in [0.2, 0.25) is 0 Å². The second-order valence-corrected chi connectivity index (χ2v) is 9.98. The largest absolute Gasteiger partial charge is 0.445 e. The molecule has 2 amide bonds. The zero-order valence-electron chi connectivity index (χ0n) is 20.4. The molecule has 1 fully saturated rings. The molecule has 2 N–H and O–H groups in total. The standard InChI is InChI=1S/C27H36N2O5/c1-19-15-23(19)29(26(32)33-18-21-13-9-6-10-14-21)17-24(30)22(16-20-11-7-5-8-12-20)28-25(31)34-27(2,3)4/h5-14,19,22-24,30H,15-18H2,1-4H3,(H,28,31)/t19?,22-,23?,24+/m0/s1. The minimum Gasteiger partial charge on any atom is -0.445 e. The lowest BCUT2D eigenvalue weighted by Crippen LogP contribution is -2.52. The Morgan fingerprint density at radius 3 is 2.15 bits per heavy atom. The molecule has 0 heterocycles. The van der Waals surface area contributed by atoms with Gasteiger partial charge in [-0.05, 0) is 50.7 Å². The number of hydrogen-bond donors (Lipinski definition) is 2. The van der Waals surface area contributed by atoms with Crippen LogP contribution in [0.2, 0.25) is 0 Å². The molecule has 2 unspecified atom stereocenters. The van der Waals surface area contributed by atoms with Crippen molar-refractivity contribution < 1.29 is 24.2 Å².